The van der Waals surface area contributed by atoms with E-state index in [-0.39, 0.29) is 0 Å². The van der Waals surface area contributed by atoms with Gasteiger partial charge in [0.2, 0.25) is 0 Å². The Hall–Kier alpha value is 0.270. The summed E-state index contributed by atoms with van der Waals surface area (Å²) in [6.45, 7) is 6.27. The zero-order chi connectivity index (χ0) is 17.2. The van der Waals surface area contributed by atoms with E-state index in [1.807, 2.05) is 0 Å². The van der Waals surface area contributed by atoms with Crippen molar-refractivity contribution in [3.05, 3.63) is 0 Å². The minimum Gasteiger partial charge on any atom is -0.330 e. The Kier molecular flexibility index (Phi) is 18.8. The molecule has 0 aliphatic heterocycles. The minimum absolute atomic E-state index is 0.834. The first kappa shape index (κ1) is 23.3. The molecule has 0 rings (SSSR count). The Balaban J connectivity index is 3.89. The predicted octanol–water partition coefficient (Wildman–Crippen LogP) is 5.59. The molecule has 0 aliphatic rings. The van der Waals surface area contributed by atoms with Crippen molar-refractivity contribution >= 4 is 11.8 Å². The largest absolute Gasteiger partial charge is 0.330 e. The van der Waals surface area contributed by atoms with Crippen molar-refractivity contribution in [1.29, 1.82) is 0 Å². The molecular formula is C20H44N2S. The Morgan fingerprint density at radius 2 is 1.04 bits per heavy atom. The van der Waals surface area contributed by atoms with Gasteiger partial charge in [0.1, 0.15) is 0 Å². The molecule has 2 nitrogen and oxygen atoms in total. The monoisotopic (exact) mass is 344 g/mol. The standard InChI is InChI=1S/C20H44N2S/c1-3-5-7-9-11-19(13-15-21)17-23-18-20(14-16-22)12-10-8-6-4-2/h19-20H,3-18,21-22H2,1-2H3. The van der Waals surface area contributed by atoms with Crippen LogP contribution in [0, 0.1) is 11.8 Å². The fourth-order valence-corrected chi connectivity index (χ4v) is 4.68. The molecule has 3 heteroatoms. The quantitative estimate of drug-likeness (QED) is 0.319. The lowest BCUT2D eigenvalue weighted by atomic mass is 9.99. The summed E-state index contributed by atoms with van der Waals surface area (Å²) in [5, 5.41) is 0. The van der Waals surface area contributed by atoms with Crippen LogP contribution in [0.2, 0.25) is 0 Å². The molecule has 0 aliphatic carbocycles. The molecule has 0 aromatic rings. The van der Waals surface area contributed by atoms with E-state index < -0.39 is 0 Å². The molecule has 0 bridgehead atoms. The van der Waals surface area contributed by atoms with Gasteiger partial charge in [-0.2, -0.15) is 11.8 Å². The van der Waals surface area contributed by atoms with Crippen molar-refractivity contribution in [2.75, 3.05) is 24.6 Å². The predicted molar refractivity (Wildman–Crippen MR) is 109 cm³/mol. The molecule has 140 valence electrons. The van der Waals surface area contributed by atoms with Crippen molar-refractivity contribution in [2.24, 2.45) is 23.3 Å². The maximum Gasteiger partial charge on any atom is -0.00386 e. The van der Waals surface area contributed by atoms with Crippen LogP contribution in [0.25, 0.3) is 0 Å². The number of nitrogens with two attached hydrogens (primary N) is 2. The average Bonchev–Trinajstić information content (AvgIpc) is 2.55. The highest BCUT2D eigenvalue weighted by atomic mass is 32.2. The van der Waals surface area contributed by atoms with Crippen LogP contribution in [-0.2, 0) is 0 Å². The Labute approximate surface area is 150 Å². The van der Waals surface area contributed by atoms with Crippen LogP contribution in [0.5, 0.6) is 0 Å². The third-order valence-corrected chi connectivity index (χ3v) is 6.20. The maximum absolute atomic E-state index is 5.81. The normalized spacial score (nSPS) is 14.1. The highest BCUT2D eigenvalue weighted by Gasteiger charge is 2.12. The molecule has 0 fully saturated rings. The number of hydrogen-bond donors (Lipinski definition) is 2. The smallest absolute Gasteiger partial charge is 0.00386 e. The summed E-state index contributed by atoms with van der Waals surface area (Å²) in [6.07, 6.45) is 16.2. The average molecular weight is 345 g/mol. The lowest BCUT2D eigenvalue weighted by molar-refractivity contribution is 0.463. The lowest BCUT2D eigenvalue weighted by Gasteiger charge is -2.19. The third-order valence-electron chi connectivity index (χ3n) is 4.79. The molecule has 23 heavy (non-hydrogen) atoms. The first-order valence-corrected chi connectivity index (χ1v) is 11.4. The second-order valence-corrected chi connectivity index (χ2v) is 8.20. The second-order valence-electron chi connectivity index (χ2n) is 7.12. The van der Waals surface area contributed by atoms with Gasteiger partial charge in [0.25, 0.3) is 0 Å². The first-order valence-electron chi connectivity index (χ1n) is 10.3. The van der Waals surface area contributed by atoms with Gasteiger partial charge in [0.15, 0.2) is 0 Å². The van der Waals surface area contributed by atoms with Crippen molar-refractivity contribution < 1.29 is 0 Å². The van der Waals surface area contributed by atoms with Crippen molar-refractivity contribution in [3.63, 3.8) is 0 Å². The molecule has 2 unspecified atom stereocenters. The van der Waals surface area contributed by atoms with E-state index in [1.54, 1.807) is 0 Å². The molecular weight excluding hydrogens is 300 g/mol. The summed E-state index contributed by atoms with van der Waals surface area (Å²) >= 11 is 2.17. The number of rotatable bonds is 18. The van der Waals surface area contributed by atoms with E-state index in [0.717, 1.165) is 24.9 Å². The summed E-state index contributed by atoms with van der Waals surface area (Å²) in [5.74, 6) is 4.28. The number of unbranched alkanes of at least 4 members (excludes halogenated alkanes) is 6. The lowest BCUT2D eigenvalue weighted by Crippen LogP contribution is -2.14. The van der Waals surface area contributed by atoms with Crippen LogP contribution in [0.4, 0.5) is 0 Å². The van der Waals surface area contributed by atoms with Crippen LogP contribution >= 0.6 is 11.8 Å². The summed E-state index contributed by atoms with van der Waals surface area (Å²) in [6, 6.07) is 0. The molecule has 0 radical (unpaired) electrons. The third kappa shape index (κ3) is 15.5. The topological polar surface area (TPSA) is 52.0 Å². The summed E-state index contributed by atoms with van der Waals surface area (Å²) in [7, 11) is 0. The highest BCUT2D eigenvalue weighted by molar-refractivity contribution is 7.99. The van der Waals surface area contributed by atoms with Crippen LogP contribution < -0.4 is 11.5 Å². The molecule has 0 saturated heterocycles. The summed E-state index contributed by atoms with van der Waals surface area (Å²) in [4.78, 5) is 0. The van der Waals surface area contributed by atoms with Crippen LogP contribution in [0.15, 0.2) is 0 Å². The van der Waals surface area contributed by atoms with E-state index in [4.69, 9.17) is 11.5 Å². The molecule has 4 N–H and O–H groups in total. The fraction of sp³-hybridized carbons (Fsp3) is 1.00. The van der Waals surface area contributed by atoms with Crippen LogP contribution in [0.1, 0.15) is 90.9 Å². The van der Waals surface area contributed by atoms with Gasteiger partial charge in [-0.15, -0.1) is 0 Å². The van der Waals surface area contributed by atoms with Gasteiger partial charge in [-0.05, 0) is 62.1 Å². The zero-order valence-corrected chi connectivity index (χ0v) is 16.8. The Bertz CT molecular complexity index is 202. The van der Waals surface area contributed by atoms with Crippen LogP contribution in [0.3, 0.4) is 0 Å². The van der Waals surface area contributed by atoms with Gasteiger partial charge >= 0.3 is 0 Å². The van der Waals surface area contributed by atoms with Crippen molar-refractivity contribution in [1.82, 2.24) is 0 Å². The van der Waals surface area contributed by atoms with E-state index in [1.165, 1.54) is 88.6 Å². The van der Waals surface area contributed by atoms with Gasteiger partial charge in [0.05, 0.1) is 0 Å². The van der Waals surface area contributed by atoms with E-state index in [2.05, 4.69) is 25.6 Å². The van der Waals surface area contributed by atoms with Gasteiger partial charge in [-0.25, -0.2) is 0 Å². The second kappa shape index (κ2) is 18.6. The summed E-state index contributed by atoms with van der Waals surface area (Å²) < 4.78 is 0. The fourth-order valence-electron chi connectivity index (χ4n) is 3.21. The van der Waals surface area contributed by atoms with E-state index >= 15 is 0 Å². The Morgan fingerprint density at radius 3 is 1.39 bits per heavy atom. The van der Waals surface area contributed by atoms with Crippen molar-refractivity contribution in [3.8, 4) is 0 Å². The minimum atomic E-state index is 0.834. The van der Waals surface area contributed by atoms with E-state index in [0.29, 0.717) is 0 Å². The zero-order valence-electron chi connectivity index (χ0n) is 16.0. The van der Waals surface area contributed by atoms with Crippen LogP contribution in [-0.4, -0.2) is 24.6 Å². The summed E-state index contributed by atoms with van der Waals surface area (Å²) in [5.41, 5.74) is 11.6. The molecule has 2 atom stereocenters. The van der Waals surface area contributed by atoms with Gasteiger partial charge in [0, 0.05) is 0 Å². The molecule has 0 saturated carbocycles. The molecule has 0 aromatic heterocycles. The molecule has 0 amide bonds. The Morgan fingerprint density at radius 1 is 0.609 bits per heavy atom. The molecule has 0 heterocycles. The van der Waals surface area contributed by atoms with Gasteiger partial charge < -0.3 is 11.5 Å². The highest BCUT2D eigenvalue weighted by Crippen LogP contribution is 2.24. The van der Waals surface area contributed by atoms with Gasteiger partial charge in [-0.3, -0.25) is 0 Å². The molecule has 0 spiro atoms. The number of hydrogen-bond acceptors (Lipinski definition) is 3. The molecule has 0 aromatic carbocycles. The number of thioether (sulfide) groups is 1. The van der Waals surface area contributed by atoms with Crippen molar-refractivity contribution in [2.45, 2.75) is 90.9 Å². The van der Waals surface area contributed by atoms with E-state index in [9.17, 15) is 0 Å². The SMILES string of the molecule is CCCCCCC(CCN)CSCC(CCN)CCCCCC. The van der Waals surface area contributed by atoms with Gasteiger partial charge in [-0.1, -0.05) is 65.2 Å². The maximum atomic E-state index is 5.81. The first-order chi connectivity index (χ1) is 11.3.